The molecule has 7 aromatic carbocycles. The van der Waals surface area contributed by atoms with E-state index in [2.05, 4.69) is 256 Å². The number of pyridine rings is 1. The van der Waals surface area contributed by atoms with E-state index in [4.69, 9.17) is 14.7 Å². The quantitative estimate of drug-likeness (QED) is 0.152. The van der Waals surface area contributed by atoms with Crippen LogP contribution in [0.2, 0.25) is 0 Å². The Labute approximate surface area is 426 Å². The van der Waals surface area contributed by atoms with Crippen LogP contribution in [0.25, 0.3) is 61.1 Å². The van der Waals surface area contributed by atoms with E-state index in [0.717, 1.165) is 91.2 Å². The van der Waals surface area contributed by atoms with Gasteiger partial charge in [0.2, 0.25) is 0 Å². The first-order valence-electron chi connectivity index (χ1n) is 24.7. The van der Waals surface area contributed by atoms with E-state index < -0.39 is 0 Å². The van der Waals surface area contributed by atoms with Crippen LogP contribution in [0.3, 0.4) is 0 Å². The second-order valence-electron chi connectivity index (χ2n) is 20.6. The van der Waals surface area contributed by atoms with Crippen LogP contribution < -0.4 is 4.74 Å². The van der Waals surface area contributed by atoms with Crippen LogP contribution in [0.5, 0.6) is 11.5 Å². The standard InChI is InChI=1S/C64H55N5O.Pt/c1-63(2,3)49-29-26-46(27-30-49)56-40-66-62(38-57(56)64(4,5)50-15-10-7-11-16-50)69-58-33-28-47(45-13-8-6-9-14-45)35-55(58)54-32-31-53(37-59(54)69)70-52-18-12-17-51(36-52)67-41-60-48-25-23-43-19-21-44(22-20-43)24-34-61(65-39-48)68(60)42-67;/h6-22,26-33,35-41H,23-25,34H2,1-5H3;. The molecule has 0 radical (unpaired) electrons. The summed E-state index contributed by atoms with van der Waals surface area (Å²) in [5, 5.41) is 2.28. The fourth-order valence-electron chi connectivity index (χ4n) is 10.5. The second-order valence-corrected chi connectivity index (χ2v) is 21.6. The molecule has 4 bridgehead atoms. The van der Waals surface area contributed by atoms with Crippen LogP contribution in [-0.2, 0) is 55.9 Å². The molecule has 7 heteroatoms. The van der Waals surface area contributed by atoms with Crippen molar-refractivity contribution in [2.24, 2.45) is 0 Å². The Balaban J connectivity index is 0.977. The van der Waals surface area contributed by atoms with E-state index in [1.165, 1.54) is 50.0 Å². The number of ether oxygens (including phenoxy) is 1. The van der Waals surface area contributed by atoms with Gasteiger partial charge in [-0.1, -0.05) is 126 Å². The number of hydrogen-bond acceptors (Lipinski definition) is 3. The summed E-state index contributed by atoms with van der Waals surface area (Å²) in [6.07, 6.45) is 10.1. The summed E-state index contributed by atoms with van der Waals surface area (Å²) in [4.78, 5) is 10.4. The third-order valence-electron chi connectivity index (χ3n) is 14.7. The summed E-state index contributed by atoms with van der Waals surface area (Å²) in [6, 6.07) is 63.7. The van der Waals surface area contributed by atoms with Crippen LogP contribution in [0.15, 0.2) is 195 Å². The zero-order valence-corrected chi connectivity index (χ0v) is 43.0. The molecule has 0 aliphatic carbocycles. The molecule has 352 valence electrons. The molecule has 0 fully saturated rings. The third-order valence-corrected chi connectivity index (χ3v) is 15.7. The monoisotopic (exact) mass is 1100 g/mol. The van der Waals surface area contributed by atoms with Crippen molar-refractivity contribution in [3.63, 3.8) is 0 Å². The number of fused-ring (bicyclic) bond motifs is 3. The Bertz CT molecular complexity index is 3860. The fourth-order valence-corrected chi connectivity index (χ4v) is 11.6. The minimum Gasteiger partial charge on any atom is -0.0622 e. The van der Waals surface area contributed by atoms with Crippen LogP contribution in [0.1, 0.15) is 73.8 Å². The van der Waals surface area contributed by atoms with Crippen molar-refractivity contribution in [3.8, 4) is 45.3 Å². The van der Waals surface area contributed by atoms with Crippen molar-refractivity contribution in [2.45, 2.75) is 71.1 Å². The van der Waals surface area contributed by atoms with E-state index in [1.807, 2.05) is 6.07 Å². The number of rotatable bonds is 8. The Morgan fingerprint density at radius 2 is 1.23 bits per heavy atom. The molecule has 0 spiro atoms. The van der Waals surface area contributed by atoms with Gasteiger partial charge < -0.3 is 0 Å². The van der Waals surface area contributed by atoms with Crippen LogP contribution in [-0.4, -0.2) is 23.5 Å². The Morgan fingerprint density at radius 1 is 0.521 bits per heavy atom. The first-order valence-corrected chi connectivity index (χ1v) is 25.8. The maximum atomic E-state index is 6.89. The molecule has 11 aromatic rings. The van der Waals surface area contributed by atoms with E-state index in [-0.39, 0.29) is 10.8 Å². The number of aromatic nitrogens is 5. The summed E-state index contributed by atoms with van der Waals surface area (Å²) in [5.74, 6) is 3.42. The predicted octanol–water partition coefficient (Wildman–Crippen LogP) is 15.3. The van der Waals surface area contributed by atoms with Gasteiger partial charge in [-0.05, 0) is 38.8 Å². The average Bonchev–Trinajstić information content (AvgIpc) is 3.91. The molecule has 0 unspecified atom stereocenters. The number of imidazole rings is 1. The van der Waals surface area contributed by atoms with Crippen molar-refractivity contribution in [1.29, 1.82) is 0 Å². The zero-order chi connectivity index (χ0) is 48.4. The van der Waals surface area contributed by atoms with Gasteiger partial charge in [0.1, 0.15) is 0 Å². The van der Waals surface area contributed by atoms with E-state index >= 15 is 0 Å². The Hall–Kier alpha value is -7.40. The van der Waals surface area contributed by atoms with Crippen LogP contribution in [0, 0.1) is 3.80 Å². The molecular weight excluding hydrogens is 1050 g/mol. The minimum atomic E-state index is -0.350. The minimum absolute atomic E-state index is 0.0514. The van der Waals surface area contributed by atoms with Crippen molar-refractivity contribution in [1.82, 2.24) is 23.5 Å². The fraction of sp³-hybridized carbons (Fsp3) is 0.172. The zero-order valence-electron chi connectivity index (χ0n) is 40.8. The normalized spacial score (nSPS) is 13.0. The van der Waals surface area contributed by atoms with Gasteiger partial charge in [-0.15, -0.1) is 0 Å². The van der Waals surface area contributed by atoms with E-state index in [0.29, 0.717) is 0 Å². The van der Waals surface area contributed by atoms with Gasteiger partial charge in [0.25, 0.3) is 0 Å². The first kappa shape index (κ1) is 44.8. The molecule has 4 aromatic heterocycles. The maximum absolute atomic E-state index is 6.89. The number of hydrogen-bond donors (Lipinski definition) is 0. The van der Waals surface area contributed by atoms with Gasteiger partial charge in [-0.3, -0.25) is 0 Å². The molecule has 4 aliphatic heterocycles. The molecule has 15 rings (SSSR count). The number of benzene rings is 7. The number of aryl methyl sites for hydroxylation is 4. The SMILES string of the molecule is CC(C)(C)c1ccc(-c2cnc(-n3c4ccc(-c5ccccc5)cc4c4ccc(Oc5cccc(-n6cc7c8cnc(n7[c]6=[Pt])CCc6ccc(cc6)CC8)c5)cc43)cc2C(C)(C)c2ccccc2)cc1. The van der Waals surface area contributed by atoms with Crippen LogP contribution in [0.4, 0.5) is 0 Å². The Morgan fingerprint density at radius 3 is 1.97 bits per heavy atom. The van der Waals surface area contributed by atoms with Gasteiger partial charge in [0, 0.05) is 17.2 Å². The molecule has 71 heavy (non-hydrogen) atoms. The third kappa shape index (κ3) is 8.28. The molecule has 6 nitrogen and oxygen atoms in total. The average molecular weight is 1110 g/mol. The van der Waals surface area contributed by atoms with E-state index in [9.17, 15) is 0 Å². The summed E-state index contributed by atoms with van der Waals surface area (Å²) >= 11 is 2.47. The molecule has 0 atom stereocenters. The van der Waals surface area contributed by atoms with Gasteiger partial charge >= 0.3 is 247 Å². The first-order chi connectivity index (χ1) is 34.5. The van der Waals surface area contributed by atoms with E-state index in [1.54, 1.807) is 0 Å². The molecule has 0 saturated heterocycles. The predicted molar refractivity (Wildman–Crippen MR) is 286 cm³/mol. The summed E-state index contributed by atoms with van der Waals surface area (Å²) in [5.41, 5.74) is 16.3. The summed E-state index contributed by atoms with van der Waals surface area (Å²) in [6.45, 7) is 11.4. The van der Waals surface area contributed by atoms with Gasteiger partial charge in [-0.2, -0.15) is 0 Å². The Kier molecular flexibility index (Phi) is 11.2. The van der Waals surface area contributed by atoms with Gasteiger partial charge in [0.15, 0.2) is 0 Å². The van der Waals surface area contributed by atoms with Gasteiger partial charge in [-0.25, -0.2) is 0 Å². The van der Waals surface area contributed by atoms with Crippen molar-refractivity contribution in [3.05, 3.63) is 238 Å². The molecular formula is C64H55N5OPt. The second kappa shape index (κ2) is 17.8. The topological polar surface area (TPSA) is 49.3 Å². The smallest absolute Gasteiger partial charge is 0.0622 e. The van der Waals surface area contributed by atoms with Gasteiger partial charge in [0.05, 0.1) is 0 Å². The van der Waals surface area contributed by atoms with Crippen molar-refractivity contribution >= 4 is 27.3 Å². The molecule has 0 amide bonds. The number of nitrogens with zero attached hydrogens (tertiary/aromatic N) is 5. The van der Waals surface area contributed by atoms with Crippen LogP contribution >= 0.6 is 0 Å². The summed E-state index contributed by atoms with van der Waals surface area (Å²) < 4.78 is 14.9. The molecule has 8 heterocycles. The molecule has 4 aliphatic rings. The van der Waals surface area contributed by atoms with Crippen molar-refractivity contribution < 1.29 is 24.1 Å². The molecule has 0 saturated carbocycles. The summed E-state index contributed by atoms with van der Waals surface area (Å²) in [7, 11) is 0. The van der Waals surface area contributed by atoms with Crippen molar-refractivity contribution in [2.75, 3.05) is 0 Å². The molecule has 0 N–H and O–H groups in total.